The first-order valence-corrected chi connectivity index (χ1v) is 9.35. The van der Waals surface area contributed by atoms with Gasteiger partial charge in [-0.05, 0) is 42.0 Å². The van der Waals surface area contributed by atoms with Crippen molar-refractivity contribution in [3.8, 4) is 11.8 Å². The molecule has 2 aromatic carbocycles. The Kier molecular flexibility index (Phi) is 5.98. The van der Waals surface area contributed by atoms with Crippen molar-refractivity contribution in [1.29, 1.82) is 5.26 Å². The molecular formula is C18H17N3O4S. The Hall–Kier alpha value is -3.31. The molecule has 0 radical (unpaired) electrons. The van der Waals surface area contributed by atoms with Crippen molar-refractivity contribution in [2.45, 2.75) is 0 Å². The Morgan fingerprint density at radius 2 is 1.88 bits per heavy atom. The van der Waals surface area contributed by atoms with Crippen LogP contribution in [0, 0.1) is 11.3 Å². The standard InChI is InChI=1S/C18H17N3O4S/c1-25-17-9-5-14(12-19)11-16(17)20-18(22)10-6-13-3-7-15(8-4-13)21-26(2,23)24/h3-11,21H,1-2H3,(H,20,22). The Morgan fingerprint density at radius 3 is 2.46 bits per heavy atom. The topological polar surface area (TPSA) is 108 Å². The van der Waals surface area contributed by atoms with Gasteiger partial charge in [-0.1, -0.05) is 12.1 Å². The van der Waals surface area contributed by atoms with Crippen molar-refractivity contribution in [1.82, 2.24) is 0 Å². The Labute approximate surface area is 152 Å². The van der Waals surface area contributed by atoms with Gasteiger partial charge in [0, 0.05) is 11.8 Å². The molecule has 0 spiro atoms. The molecular weight excluding hydrogens is 354 g/mol. The lowest BCUT2D eigenvalue weighted by Crippen LogP contribution is -2.09. The monoisotopic (exact) mass is 371 g/mol. The molecule has 2 aromatic rings. The van der Waals surface area contributed by atoms with Crippen LogP contribution in [0.1, 0.15) is 11.1 Å². The van der Waals surface area contributed by atoms with Gasteiger partial charge in [-0.3, -0.25) is 9.52 Å². The van der Waals surface area contributed by atoms with E-state index in [0.717, 1.165) is 11.8 Å². The second kappa shape index (κ2) is 8.18. The van der Waals surface area contributed by atoms with E-state index in [1.54, 1.807) is 42.5 Å². The number of nitrogens with zero attached hydrogens (tertiary/aromatic N) is 1. The number of amides is 1. The van der Waals surface area contributed by atoms with Gasteiger partial charge in [0.25, 0.3) is 0 Å². The van der Waals surface area contributed by atoms with E-state index in [1.165, 1.54) is 19.3 Å². The molecule has 0 unspecified atom stereocenters. The maximum atomic E-state index is 12.1. The number of carbonyl (C=O) groups excluding carboxylic acids is 1. The highest BCUT2D eigenvalue weighted by atomic mass is 32.2. The zero-order valence-electron chi connectivity index (χ0n) is 14.2. The summed E-state index contributed by atoms with van der Waals surface area (Å²) in [5, 5.41) is 11.6. The molecule has 26 heavy (non-hydrogen) atoms. The van der Waals surface area contributed by atoms with Gasteiger partial charge < -0.3 is 10.1 Å². The number of methoxy groups -OCH3 is 1. The summed E-state index contributed by atoms with van der Waals surface area (Å²) in [5.41, 5.74) is 1.96. The van der Waals surface area contributed by atoms with Crippen LogP contribution >= 0.6 is 0 Å². The van der Waals surface area contributed by atoms with Crippen molar-refractivity contribution in [2.24, 2.45) is 0 Å². The number of nitriles is 1. The van der Waals surface area contributed by atoms with E-state index in [-0.39, 0.29) is 0 Å². The Balaban J connectivity index is 2.07. The molecule has 0 atom stereocenters. The largest absolute Gasteiger partial charge is 0.495 e. The molecule has 2 N–H and O–H groups in total. The van der Waals surface area contributed by atoms with Crippen LogP contribution < -0.4 is 14.8 Å². The van der Waals surface area contributed by atoms with E-state index in [2.05, 4.69) is 10.0 Å². The lowest BCUT2D eigenvalue weighted by Gasteiger charge is -2.09. The fraction of sp³-hybridized carbons (Fsp3) is 0.111. The number of benzene rings is 2. The number of nitrogens with one attached hydrogen (secondary N) is 2. The number of hydrogen-bond donors (Lipinski definition) is 2. The Bertz CT molecular complexity index is 974. The van der Waals surface area contributed by atoms with Crippen LogP contribution in [-0.4, -0.2) is 27.7 Å². The molecule has 0 aliphatic carbocycles. The van der Waals surface area contributed by atoms with E-state index in [4.69, 9.17) is 10.00 Å². The summed E-state index contributed by atoms with van der Waals surface area (Å²) < 4.78 is 29.8. The molecule has 0 heterocycles. The summed E-state index contributed by atoms with van der Waals surface area (Å²) in [6, 6.07) is 13.3. The third kappa shape index (κ3) is 5.65. The first-order chi connectivity index (χ1) is 12.3. The summed E-state index contributed by atoms with van der Waals surface area (Å²) >= 11 is 0. The molecule has 1 amide bonds. The van der Waals surface area contributed by atoms with E-state index in [1.807, 2.05) is 6.07 Å². The lowest BCUT2D eigenvalue weighted by atomic mass is 10.2. The number of carbonyl (C=O) groups is 1. The number of hydrogen-bond acceptors (Lipinski definition) is 5. The van der Waals surface area contributed by atoms with Gasteiger partial charge in [0.05, 0.1) is 30.7 Å². The molecule has 0 saturated carbocycles. The van der Waals surface area contributed by atoms with Crippen LogP contribution in [0.5, 0.6) is 5.75 Å². The molecule has 0 saturated heterocycles. The average Bonchev–Trinajstić information content (AvgIpc) is 2.59. The number of sulfonamides is 1. The van der Waals surface area contributed by atoms with Crippen LogP contribution in [0.15, 0.2) is 48.5 Å². The van der Waals surface area contributed by atoms with Gasteiger partial charge in [-0.15, -0.1) is 0 Å². The van der Waals surface area contributed by atoms with E-state index < -0.39 is 15.9 Å². The highest BCUT2D eigenvalue weighted by Crippen LogP contribution is 2.25. The summed E-state index contributed by atoms with van der Waals surface area (Å²) in [4.78, 5) is 12.1. The molecule has 0 aliphatic rings. The van der Waals surface area contributed by atoms with Gasteiger partial charge in [-0.25, -0.2) is 8.42 Å². The van der Waals surface area contributed by atoms with Crippen LogP contribution in [0.25, 0.3) is 6.08 Å². The quantitative estimate of drug-likeness (QED) is 0.759. The smallest absolute Gasteiger partial charge is 0.248 e. The summed E-state index contributed by atoms with van der Waals surface area (Å²) in [7, 11) is -1.86. The van der Waals surface area contributed by atoms with Crippen LogP contribution in [0.3, 0.4) is 0 Å². The van der Waals surface area contributed by atoms with E-state index in [9.17, 15) is 13.2 Å². The van der Waals surface area contributed by atoms with Crippen molar-refractivity contribution in [3.05, 3.63) is 59.7 Å². The molecule has 0 aliphatic heterocycles. The fourth-order valence-corrected chi connectivity index (χ4v) is 2.66. The van der Waals surface area contributed by atoms with Crippen molar-refractivity contribution in [2.75, 3.05) is 23.4 Å². The number of rotatable bonds is 6. The SMILES string of the molecule is COc1ccc(C#N)cc1NC(=O)C=Cc1ccc(NS(C)(=O)=O)cc1. The minimum absolute atomic E-state index is 0.392. The predicted octanol–water partition coefficient (Wildman–Crippen LogP) is 2.59. The summed E-state index contributed by atoms with van der Waals surface area (Å²) in [6.07, 6.45) is 3.98. The van der Waals surface area contributed by atoms with Gasteiger partial charge in [0.15, 0.2) is 0 Å². The van der Waals surface area contributed by atoms with Crippen LogP contribution in [-0.2, 0) is 14.8 Å². The normalized spacial score (nSPS) is 11.0. The molecule has 0 bridgehead atoms. The van der Waals surface area contributed by atoms with Gasteiger partial charge in [0.1, 0.15) is 5.75 Å². The average molecular weight is 371 g/mol. The highest BCUT2D eigenvalue weighted by molar-refractivity contribution is 7.92. The molecule has 0 aromatic heterocycles. The van der Waals surface area contributed by atoms with Crippen molar-refractivity contribution >= 4 is 33.4 Å². The Morgan fingerprint density at radius 1 is 1.19 bits per heavy atom. The minimum Gasteiger partial charge on any atom is -0.495 e. The third-order valence-corrected chi connectivity index (χ3v) is 3.83. The second-order valence-corrected chi connectivity index (χ2v) is 7.09. The number of ether oxygens (including phenoxy) is 1. The predicted molar refractivity (Wildman–Crippen MR) is 100 cm³/mol. The molecule has 8 heteroatoms. The van der Waals surface area contributed by atoms with Crippen molar-refractivity contribution in [3.63, 3.8) is 0 Å². The zero-order valence-corrected chi connectivity index (χ0v) is 15.0. The summed E-state index contributed by atoms with van der Waals surface area (Å²) in [6.45, 7) is 0. The zero-order chi connectivity index (χ0) is 19.2. The fourth-order valence-electron chi connectivity index (χ4n) is 2.10. The highest BCUT2D eigenvalue weighted by Gasteiger charge is 2.07. The maximum Gasteiger partial charge on any atom is 0.248 e. The molecule has 0 fully saturated rings. The third-order valence-electron chi connectivity index (χ3n) is 3.23. The van der Waals surface area contributed by atoms with Crippen molar-refractivity contribution < 1.29 is 17.9 Å². The van der Waals surface area contributed by atoms with E-state index >= 15 is 0 Å². The summed E-state index contributed by atoms with van der Waals surface area (Å²) in [5.74, 6) is 0.0543. The van der Waals surface area contributed by atoms with Crippen LogP contribution in [0.2, 0.25) is 0 Å². The first-order valence-electron chi connectivity index (χ1n) is 7.46. The lowest BCUT2D eigenvalue weighted by molar-refractivity contribution is -0.111. The van der Waals surface area contributed by atoms with Gasteiger partial charge >= 0.3 is 0 Å². The minimum atomic E-state index is -3.33. The molecule has 2 rings (SSSR count). The van der Waals surface area contributed by atoms with Gasteiger partial charge in [0.2, 0.25) is 15.9 Å². The second-order valence-electron chi connectivity index (χ2n) is 5.35. The molecule has 134 valence electrons. The number of anilines is 2. The first kappa shape index (κ1) is 19.0. The van der Waals surface area contributed by atoms with Crippen LogP contribution in [0.4, 0.5) is 11.4 Å². The van der Waals surface area contributed by atoms with E-state index in [0.29, 0.717) is 22.7 Å². The maximum absolute atomic E-state index is 12.1. The van der Waals surface area contributed by atoms with Gasteiger partial charge in [-0.2, -0.15) is 5.26 Å². The molecule has 7 nitrogen and oxygen atoms in total.